The quantitative estimate of drug-likeness (QED) is 0.0967. The molecule has 67 heavy (non-hydrogen) atoms. The van der Waals surface area contributed by atoms with Crippen molar-refractivity contribution in [1.29, 1.82) is 0 Å². The fourth-order valence-corrected chi connectivity index (χ4v) is 12.0. The lowest BCUT2D eigenvalue weighted by molar-refractivity contribution is -0.136. The highest BCUT2D eigenvalue weighted by molar-refractivity contribution is 7.90. The van der Waals surface area contributed by atoms with Crippen LogP contribution >= 0.6 is 0 Å². The Morgan fingerprint density at radius 1 is 0.896 bits per heavy atom. The van der Waals surface area contributed by atoms with Gasteiger partial charge in [-0.05, 0) is 123 Å². The Labute approximate surface area is 386 Å². The molecule has 3 amide bonds. The minimum absolute atomic E-state index is 0.00388. The monoisotopic (exact) mass is 936 g/mol. The molecule has 5 aliphatic rings. The van der Waals surface area contributed by atoms with E-state index in [1.807, 2.05) is 22.9 Å². The molecule has 10 rings (SSSR count). The second kappa shape index (κ2) is 17.8. The lowest BCUT2D eigenvalue weighted by Crippen LogP contribution is -2.52. The molecule has 5 aromatic rings. The summed E-state index contributed by atoms with van der Waals surface area (Å²) in [6, 6.07) is 17.4. The summed E-state index contributed by atoms with van der Waals surface area (Å²) >= 11 is 0. The van der Waals surface area contributed by atoms with E-state index in [9.17, 15) is 32.0 Å². The lowest BCUT2D eigenvalue weighted by atomic mass is 9.86. The van der Waals surface area contributed by atoms with E-state index in [2.05, 4.69) is 56.3 Å². The second-order valence-corrected chi connectivity index (χ2v) is 20.3. The van der Waals surface area contributed by atoms with Crippen molar-refractivity contribution in [2.45, 2.75) is 82.6 Å². The molecule has 5 aliphatic heterocycles. The van der Waals surface area contributed by atoms with Crippen LogP contribution in [0, 0.1) is 17.6 Å². The second-order valence-electron chi connectivity index (χ2n) is 18.7. The van der Waals surface area contributed by atoms with Crippen molar-refractivity contribution in [2.24, 2.45) is 5.92 Å². The number of halogens is 3. The number of aromatic amines is 1. The number of hydrogen-bond acceptors (Lipinski definition) is 9. The minimum Gasteiger partial charge on any atom is -0.369 e. The molecule has 350 valence electrons. The van der Waals surface area contributed by atoms with Crippen LogP contribution in [-0.2, 0) is 26.3 Å². The molecule has 2 aromatic heterocycles. The standard InChI is InChI=1S/C49H51F3N8O6S/c1-28-20-29(25-57-16-13-31(14-17-57)32-4-7-37-34(21-32)26-60(49(37)64)42-10-11-43(61)55-48(42)63)12-19-59(28)36-5-2-30(3-6-36)33-22-38-39(24-54-47(38)53-23-33)46(62)44-40(51)8-9-41(45(44)52)56-67(65,66)58-18-15-35(50)27-58/h2-9,21-24,28-29,31,35,42,56H,10-20,25-27H2,1H3,(H,53,54)(H,55,61,63)/t28-,29-,35-,42-/m1/s1. The van der Waals surface area contributed by atoms with E-state index in [0.29, 0.717) is 53.0 Å². The maximum absolute atomic E-state index is 15.8. The Morgan fingerprint density at radius 3 is 2.42 bits per heavy atom. The summed E-state index contributed by atoms with van der Waals surface area (Å²) in [6.45, 7) is 6.14. The van der Waals surface area contributed by atoms with E-state index >= 15 is 8.78 Å². The number of hydrogen-bond donors (Lipinski definition) is 3. The number of nitrogens with one attached hydrogen (secondary N) is 3. The Balaban J connectivity index is 0.742. The molecular formula is C49H51F3N8O6S. The molecule has 0 unspecified atom stereocenters. The van der Waals surface area contributed by atoms with E-state index in [0.717, 1.165) is 85.1 Å². The predicted octanol–water partition coefficient (Wildman–Crippen LogP) is 6.69. The largest absolute Gasteiger partial charge is 0.369 e. The fraction of sp³-hybridized carbons (Fsp3) is 0.408. The maximum Gasteiger partial charge on any atom is 0.301 e. The molecule has 4 atom stereocenters. The zero-order valence-corrected chi connectivity index (χ0v) is 37.8. The van der Waals surface area contributed by atoms with Crippen LogP contribution in [0.15, 0.2) is 73.1 Å². The van der Waals surface area contributed by atoms with Crippen LogP contribution in [-0.4, -0.2) is 114 Å². The third-order valence-electron chi connectivity index (χ3n) is 14.4. The van der Waals surface area contributed by atoms with Gasteiger partial charge in [-0.1, -0.05) is 24.3 Å². The average molecular weight is 937 g/mol. The summed E-state index contributed by atoms with van der Waals surface area (Å²) in [4.78, 5) is 65.1. The Morgan fingerprint density at radius 2 is 1.69 bits per heavy atom. The van der Waals surface area contributed by atoms with Crippen LogP contribution in [0.5, 0.6) is 0 Å². The van der Waals surface area contributed by atoms with Gasteiger partial charge in [-0.2, -0.15) is 12.7 Å². The molecule has 4 fully saturated rings. The Kier molecular flexibility index (Phi) is 11.9. The molecule has 0 radical (unpaired) electrons. The SMILES string of the molecule is C[C@@H]1C[C@H](CN2CCC(c3ccc4c(c3)CN([C@@H]3CCC(=O)NC3=O)C4=O)CC2)CCN1c1ccc(-c2cnc3[nH]cc(C(=O)c4c(F)ccc(NS(=O)(=O)N5CC[C@@H](F)C5)c4F)c3c2)cc1. The first-order valence-electron chi connectivity index (χ1n) is 23.0. The number of aromatic nitrogens is 2. The normalized spacial score (nSPS) is 23.3. The smallest absolute Gasteiger partial charge is 0.301 e. The van der Waals surface area contributed by atoms with Crippen molar-refractivity contribution in [3.63, 3.8) is 0 Å². The summed E-state index contributed by atoms with van der Waals surface area (Å²) in [7, 11) is -4.36. The van der Waals surface area contributed by atoms with Crippen LogP contribution in [0.1, 0.15) is 95.2 Å². The van der Waals surface area contributed by atoms with Crippen LogP contribution in [0.25, 0.3) is 22.2 Å². The minimum atomic E-state index is -4.36. The number of amides is 3. The number of fused-ring (bicyclic) bond motifs is 2. The molecule has 14 nitrogen and oxygen atoms in total. The van der Waals surface area contributed by atoms with Gasteiger partial charge in [0.15, 0.2) is 5.82 Å². The van der Waals surface area contributed by atoms with Gasteiger partial charge in [0, 0.05) is 85.3 Å². The number of imide groups is 1. The van der Waals surface area contributed by atoms with Crippen LogP contribution in [0.4, 0.5) is 24.5 Å². The van der Waals surface area contributed by atoms with Gasteiger partial charge in [-0.25, -0.2) is 18.2 Å². The van der Waals surface area contributed by atoms with E-state index in [-0.39, 0.29) is 43.3 Å². The molecule has 0 bridgehead atoms. The van der Waals surface area contributed by atoms with Crippen molar-refractivity contribution in [3.8, 4) is 11.1 Å². The highest BCUT2D eigenvalue weighted by atomic mass is 32.2. The molecule has 0 spiro atoms. The molecular weight excluding hydrogens is 886 g/mol. The number of pyridine rings is 1. The van der Waals surface area contributed by atoms with Gasteiger partial charge in [0.1, 0.15) is 23.7 Å². The van der Waals surface area contributed by atoms with Gasteiger partial charge < -0.3 is 19.7 Å². The van der Waals surface area contributed by atoms with E-state index in [1.54, 1.807) is 17.2 Å². The number of alkyl halides is 1. The number of ketones is 1. The van der Waals surface area contributed by atoms with Crippen molar-refractivity contribution < 1.29 is 40.8 Å². The first-order valence-corrected chi connectivity index (χ1v) is 24.4. The van der Waals surface area contributed by atoms with E-state index in [1.165, 1.54) is 11.8 Å². The topological polar surface area (TPSA) is 168 Å². The van der Waals surface area contributed by atoms with Gasteiger partial charge in [0.05, 0.1) is 11.3 Å². The van der Waals surface area contributed by atoms with Gasteiger partial charge in [0.2, 0.25) is 17.6 Å². The first-order chi connectivity index (χ1) is 32.2. The van der Waals surface area contributed by atoms with Gasteiger partial charge in [-0.3, -0.25) is 29.2 Å². The number of carbonyl (C=O) groups excluding carboxylic acids is 4. The first kappa shape index (κ1) is 44.7. The van der Waals surface area contributed by atoms with Gasteiger partial charge in [-0.15, -0.1) is 0 Å². The Hall–Kier alpha value is -6.11. The number of rotatable bonds is 11. The molecule has 7 heterocycles. The average Bonchev–Trinajstić information content (AvgIpc) is 4.04. The summed E-state index contributed by atoms with van der Waals surface area (Å²) in [5.41, 5.74) is 4.17. The van der Waals surface area contributed by atoms with E-state index in [4.69, 9.17) is 0 Å². The summed E-state index contributed by atoms with van der Waals surface area (Å²) in [5, 5.41) is 2.71. The number of piperidine rings is 3. The third kappa shape index (κ3) is 8.70. The summed E-state index contributed by atoms with van der Waals surface area (Å²) in [6.07, 6.45) is 6.41. The molecule has 3 N–H and O–H groups in total. The number of H-pyrrole nitrogens is 1. The Bertz CT molecular complexity index is 2910. The van der Waals surface area contributed by atoms with Crippen LogP contribution in [0.2, 0.25) is 0 Å². The lowest BCUT2D eigenvalue weighted by Gasteiger charge is -2.42. The number of nitrogens with zero attached hydrogens (tertiary/aromatic N) is 5. The third-order valence-corrected chi connectivity index (χ3v) is 15.9. The molecule has 4 saturated heterocycles. The van der Waals surface area contributed by atoms with Crippen molar-refractivity contribution in [3.05, 3.63) is 113 Å². The fourth-order valence-electron chi connectivity index (χ4n) is 10.8. The summed E-state index contributed by atoms with van der Waals surface area (Å²) < 4.78 is 73.2. The van der Waals surface area contributed by atoms with Crippen LogP contribution in [0.3, 0.4) is 0 Å². The maximum atomic E-state index is 15.8. The highest BCUT2D eigenvalue weighted by Crippen LogP contribution is 2.37. The predicted molar refractivity (Wildman–Crippen MR) is 245 cm³/mol. The molecule has 0 saturated carbocycles. The zero-order chi connectivity index (χ0) is 46.7. The van der Waals surface area contributed by atoms with E-state index < -0.39 is 57.0 Å². The van der Waals surface area contributed by atoms with Crippen LogP contribution < -0.4 is 14.9 Å². The van der Waals surface area contributed by atoms with Crippen molar-refractivity contribution in [2.75, 3.05) is 48.9 Å². The van der Waals surface area contributed by atoms with Crippen molar-refractivity contribution in [1.82, 2.24) is 29.4 Å². The molecule has 18 heteroatoms. The zero-order valence-electron chi connectivity index (χ0n) is 36.9. The van der Waals surface area contributed by atoms with Crippen molar-refractivity contribution >= 4 is 56.1 Å². The highest BCUT2D eigenvalue weighted by Gasteiger charge is 2.40. The number of benzene rings is 3. The summed E-state index contributed by atoms with van der Waals surface area (Å²) in [5.74, 6) is -3.42. The molecule has 0 aliphatic carbocycles. The molecule has 3 aromatic carbocycles. The van der Waals surface area contributed by atoms with Gasteiger partial charge in [0.25, 0.3) is 5.91 Å². The van der Waals surface area contributed by atoms with Gasteiger partial charge >= 0.3 is 10.2 Å². The number of anilines is 2. The number of carbonyl (C=O) groups is 4. The number of likely N-dealkylation sites (tertiary alicyclic amines) is 1.